The number of rotatable bonds is 11. The molecule has 246 valence electrons. The lowest BCUT2D eigenvalue weighted by atomic mass is 9.66. The average Bonchev–Trinajstić information content (AvgIpc) is 3.35. The molecule has 1 saturated heterocycles. The largest absolute Gasteiger partial charge is 0.508 e. The number of allylic oxidation sites excluding steroid dienone is 2. The van der Waals surface area contributed by atoms with E-state index in [-0.39, 0.29) is 30.1 Å². The van der Waals surface area contributed by atoms with Gasteiger partial charge in [0.15, 0.2) is 0 Å². The van der Waals surface area contributed by atoms with Gasteiger partial charge in [-0.15, -0.1) is 0 Å². The molecule has 0 unspecified atom stereocenters. The summed E-state index contributed by atoms with van der Waals surface area (Å²) >= 11 is 0. The van der Waals surface area contributed by atoms with Crippen molar-refractivity contribution in [1.29, 1.82) is 0 Å². The molecule has 3 aromatic carbocycles. The quantitative estimate of drug-likeness (QED) is 0.103. The van der Waals surface area contributed by atoms with E-state index in [0.717, 1.165) is 33.8 Å². The Hall–Kier alpha value is -5.05. The second-order valence-corrected chi connectivity index (χ2v) is 12.8. The van der Waals surface area contributed by atoms with Crippen LogP contribution in [0.25, 0.3) is 11.6 Å². The fourth-order valence-corrected chi connectivity index (χ4v) is 7.17. The van der Waals surface area contributed by atoms with Crippen LogP contribution < -0.4 is 10.2 Å². The van der Waals surface area contributed by atoms with Crippen molar-refractivity contribution >= 4 is 40.5 Å². The van der Waals surface area contributed by atoms with Crippen molar-refractivity contribution in [3.8, 4) is 5.75 Å². The Balaban J connectivity index is 1.25. The highest BCUT2D eigenvalue weighted by Crippen LogP contribution is 2.49. The lowest BCUT2D eigenvalue weighted by Crippen LogP contribution is -2.39. The summed E-state index contributed by atoms with van der Waals surface area (Å²) in [6.07, 6.45) is 3.85. The van der Waals surface area contributed by atoms with E-state index >= 15 is 0 Å². The van der Waals surface area contributed by atoms with Crippen LogP contribution in [0, 0.1) is 23.7 Å². The summed E-state index contributed by atoms with van der Waals surface area (Å²) in [6.45, 7) is 3.69. The Bertz CT molecular complexity index is 1820. The maximum absolute atomic E-state index is 14.1. The molecule has 0 bridgehead atoms. The number of carbonyl (C=O) groups excluding carboxylic acids is 2. The zero-order valence-electron chi connectivity index (χ0n) is 27.2. The van der Waals surface area contributed by atoms with Gasteiger partial charge in [-0.3, -0.25) is 19.5 Å². The summed E-state index contributed by atoms with van der Waals surface area (Å²) in [4.78, 5) is 33.7. The molecule has 2 heterocycles. The van der Waals surface area contributed by atoms with Gasteiger partial charge in [-0.2, -0.15) is 0 Å². The fourth-order valence-electron chi connectivity index (χ4n) is 7.17. The number of pyridine rings is 1. The van der Waals surface area contributed by atoms with Crippen molar-refractivity contribution in [3.63, 3.8) is 0 Å². The highest BCUT2D eigenvalue weighted by molar-refractivity contribution is 6.22. The molecule has 4 aromatic rings. The summed E-state index contributed by atoms with van der Waals surface area (Å²) < 4.78 is 0. The smallest absolute Gasteiger partial charge is 0.238 e. The topological polar surface area (TPSA) is 123 Å². The number of anilines is 3. The number of aromatic nitrogens is 1. The number of para-hydroxylation sites is 1. The van der Waals surface area contributed by atoms with Crippen molar-refractivity contribution < 1.29 is 24.9 Å². The van der Waals surface area contributed by atoms with Gasteiger partial charge >= 0.3 is 0 Å². The normalized spacial score (nSPS) is 20.3. The number of phenols is 1. The van der Waals surface area contributed by atoms with Crippen LogP contribution in [0.1, 0.15) is 44.4 Å². The minimum Gasteiger partial charge on any atom is -0.508 e. The van der Waals surface area contributed by atoms with E-state index < -0.39 is 23.9 Å². The van der Waals surface area contributed by atoms with E-state index in [1.807, 2.05) is 86.7 Å². The zero-order chi connectivity index (χ0) is 33.8. The van der Waals surface area contributed by atoms with Gasteiger partial charge in [0, 0.05) is 23.5 Å². The third kappa shape index (κ3) is 6.81. The summed E-state index contributed by atoms with van der Waals surface area (Å²) in [5, 5.41) is 36.0. The van der Waals surface area contributed by atoms with Crippen LogP contribution >= 0.6 is 0 Å². The van der Waals surface area contributed by atoms with Crippen molar-refractivity contribution in [2.24, 2.45) is 23.7 Å². The number of hydrogen-bond donors (Lipinski definition) is 4. The molecule has 6 rings (SSSR count). The van der Waals surface area contributed by atoms with E-state index in [0.29, 0.717) is 30.5 Å². The van der Waals surface area contributed by atoms with E-state index in [4.69, 9.17) is 0 Å². The van der Waals surface area contributed by atoms with Crippen LogP contribution in [-0.4, -0.2) is 44.8 Å². The predicted octanol–water partition coefficient (Wildman–Crippen LogP) is 6.98. The molecular weight excluding hydrogens is 602 g/mol. The Kier molecular flexibility index (Phi) is 9.85. The Morgan fingerprint density at radius 1 is 0.938 bits per heavy atom. The Morgan fingerprint density at radius 3 is 2.33 bits per heavy atom. The van der Waals surface area contributed by atoms with Gasteiger partial charge < -0.3 is 20.6 Å². The maximum atomic E-state index is 14.1. The van der Waals surface area contributed by atoms with Gasteiger partial charge in [0.1, 0.15) is 5.75 Å². The molecular formula is C40H41N3O5. The molecule has 8 nitrogen and oxygen atoms in total. The van der Waals surface area contributed by atoms with Crippen LogP contribution in [0.15, 0.2) is 114 Å². The minimum absolute atomic E-state index is 0.00282. The molecule has 1 aromatic heterocycles. The maximum Gasteiger partial charge on any atom is 0.238 e. The van der Waals surface area contributed by atoms with E-state index in [1.165, 1.54) is 4.90 Å². The average molecular weight is 644 g/mol. The lowest BCUT2D eigenvalue weighted by Gasteiger charge is -2.38. The van der Waals surface area contributed by atoms with Crippen LogP contribution in [-0.2, 0) is 9.59 Å². The first kappa shape index (κ1) is 32.9. The van der Waals surface area contributed by atoms with Crippen LogP contribution in [0.3, 0.4) is 0 Å². The lowest BCUT2D eigenvalue weighted by molar-refractivity contribution is -0.123. The number of hydrogen-bond acceptors (Lipinski definition) is 7. The number of carbonyl (C=O) groups is 2. The second kappa shape index (κ2) is 14.4. The highest BCUT2D eigenvalue weighted by atomic mass is 16.3. The number of phenolic OH excluding ortho intramolecular Hbond substituents is 1. The van der Waals surface area contributed by atoms with Crippen LogP contribution in [0.2, 0.25) is 0 Å². The zero-order valence-corrected chi connectivity index (χ0v) is 27.2. The Labute approximate surface area is 281 Å². The molecule has 1 aliphatic carbocycles. The number of nitrogens with zero attached hydrogens (tertiary/aromatic N) is 2. The van der Waals surface area contributed by atoms with Gasteiger partial charge in [0.2, 0.25) is 11.8 Å². The van der Waals surface area contributed by atoms with E-state index in [9.17, 15) is 24.9 Å². The van der Waals surface area contributed by atoms with Gasteiger partial charge in [-0.1, -0.05) is 55.8 Å². The first-order chi connectivity index (χ1) is 23.2. The van der Waals surface area contributed by atoms with Crippen molar-refractivity contribution in [2.45, 2.75) is 39.2 Å². The van der Waals surface area contributed by atoms with E-state index in [1.54, 1.807) is 36.5 Å². The number of amides is 2. The molecule has 8 heteroatoms. The molecule has 0 spiro atoms. The number of nitrogens with one attached hydrogen (secondary N) is 1. The number of aromatic hydroxyl groups is 1. The van der Waals surface area contributed by atoms with Crippen molar-refractivity contribution in [1.82, 2.24) is 4.98 Å². The van der Waals surface area contributed by atoms with Gasteiger partial charge in [-0.25, -0.2) is 0 Å². The number of aliphatic hydroxyl groups excluding tert-OH is 2. The van der Waals surface area contributed by atoms with Gasteiger partial charge in [-0.05, 0) is 109 Å². The first-order valence-electron chi connectivity index (χ1n) is 16.5. The Morgan fingerprint density at radius 2 is 1.67 bits per heavy atom. The molecule has 1 aliphatic heterocycles. The third-order valence-electron chi connectivity index (χ3n) is 9.45. The molecule has 2 aliphatic rings. The standard InChI is InChI=1S/C40H41N3O5/c1-25(2)32-23-33-38(40(48)43(39(33)47)30-17-15-29(16-18-30)42-28-10-4-3-5-11-28)34(24-44)37(32)36(46)19-14-27(35-13-6-7-20-41-35)21-26-9-8-12-31(45)22-26/h3-13,15-18,20-22,25,33-34,36,38,42,44-46H,14,19,23-24H2,1-2H3/b27-21-/t33-,34+,36-,38-/m1/s1. The van der Waals surface area contributed by atoms with Crippen molar-refractivity contribution in [2.75, 3.05) is 16.8 Å². The summed E-state index contributed by atoms with van der Waals surface area (Å²) in [5.74, 6) is -2.53. The molecule has 0 radical (unpaired) electrons. The molecule has 0 saturated carbocycles. The fraction of sp³-hybridized carbons (Fsp3) is 0.275. The van der Waals surface area contributed by atoms with Crippen molar-refractivity contribution in [3.05, 3.63) is 126 Å². The first-order valence-corrected chi connectivity index (χ1v) is 16.5. The molecule has 1 fully saturated rings. The van der Waals surface area contributed by atoms with Crippen LogP contribution in [0.4, 0.5) is 17.1 Å². The third-order valence-corrected chi connectivity index (χ3v) is 9.45. The predicted molar refractivity (Wildman–Crippen MR) is 188 cm³/mol. The summed E-state index contributed by atoms with van der Waals surface area (Å²) in [6, 6.07) is 29.5. The number of aliphatic hydroxyl groups is 2. The van der Waals surface area contributed by atoms with Gasteiger partial charge in [0.25, 0.3) is 0 Å². The van der Waals surface area contributed by atoms with Gasteiger partial charge in [0.05, 0.1) is 35.9 Å². The summed E-state index contributed by atoms with van der Waals surface area (Å²) in [7, 11) is 0. The highest BCUT2D eigenvalue weighted by Gasteiger charge is 2.55. The number of imide groups is 1. The summed E-state index contributed by atoms with van der Waals surface area (Å²) in [5.41, 5.74) is 6.26. The second-order valence-electron chi connectivity index (χ2n) is 12.8. The molecule has 48 heavy (non-hydrogen) atoms. The van der Waals surface area contributed by atoms with Crippen LogP contribution in [0.5, 0.6) is 5.75 Å². The molecule has 4 atom stereocenters. The molecule has 4 N–H and O–H groups in total. The monoisotopic (exact) mass is 643 g/mol. The van der Waals surface area contributed by atoms with E-state index in [2.05, 4.69) is 10.3 Å². The minimum atomic E-state index is -0.947. The number of fused-ring (bicyclic) bond motifs is 1. The SMILES string of the molecule is CC(C)C1=C([C@H](O)CC/C(=C/c2cccc(O)c2)c2ccccn2)[C@H](CO)[C@@H]2C(=O)N(c3ccc(Nc4ccccc4)cc3)C(=O)[C@@H]2C1. The molecule has 2 amide bonds. The number of benzene rings is 3.